The van der Waals surface area contributed by atoms with Crippen molar-refractivity contribution in [2.45, 2.75) is 33.6 Å². The smallest absolute Gasteiger partial charge is 0.128 e. The van der Waals surface area contributed by atoms with Crippen LogP contribution >= 0.6 is 0 Å². The highest BCUT2D eigenvalue weighted by Crippen LogP contribution is 2.17. The van der Waals surface area contributed by atoms with Gasteiger partial charge in [-0.3, -0.25) is 0 Å². The summed E-state index contributed by atoms with van der Waals surface area (Å²) in [7, 11) is 0. The maximum absolute atomic E-state index is 5.76. The Bertz CT molecular complexity index is 304. The van der Waals surface area contributed by atoms with Crippen molar-refractivity contribution in [2.75, 3.05) is 23.7 Å². The first-order valence-corrected chi connectivity index (χ1v) is 5.66. The highest BCUT2D eigenvalue weighted by atomic mass is 15.2. The van der Waals surface area contributed by atoms with E-state index in [9.17, 15) is 0 Å². The van der Waals surface area contributed by atoms with E-state index in [1.807, 2.05) is 6.92 Å². The molecule has 3 heteroatoms. The van der Waals surface area contributed by atoms with Crippen molar-refractivity contribution in [3.63, 3.8) is 0 Å². The first-order chi connectivity index (χ1) is 7.19. The molecule has 0 aliphatic heterocycles. The summed E-state index contributed by atoms with van der Waals surface area (Å²) < 4.78 is 0. The lowest BCUT2D eigenvalue weighted by molar-refractivity contribution is 0.734. The molecule has 0 aliphatic rings. The lowest BCUT2D eigenvalue weighted by Crippen LogP contribution is -2.25. The van der Waals surface area contributed by atoms with Crippen LogP contribution in [-0.4, -0.2) is 18.1 Å². The van der Waals surface area contributed by atoms with Gasteiger partial charge in [0.15, 0.2) is 0 Å². The summed E-state index contributed by atoms with van der Waals surface area (Å²) in [5.41, 5.74) is 7.63. The van der Waals surface area contributed by atoms with Crippen LogP contribution in [0.1, 0.15) is 32.3 Å². The van der Waals surface area contributed by atoms with E-state index in [1.165, 1.54) is 0 Å². The first kappa shape index (κ1) is 11.8. The van der Waals surface area contributed by atoms with E-state index in [0.717, 1.165) is 43.0 Å². The molecule has 0 radical (unpaired) electrons. The number of aryl methyl sites for hydroxylation is 1. The molecule has 1 aromatic heterocycles. The number of hydrogen-bond acceptors (Lipinski definition) is 3. The molecule has 0 amide bonds. The number of hydrogen-bond donors (Lipinski definition) is 1. The molecular formula is C12H21N3. The zero-order valence-corrected chi connectivity index (χ0v) is 9.95. The normalized spacial score (nSPS) is 10.3. The molecule has 0 saturated carbocycles. The van der Waals surface area contributed by atoms with E-state index in [4.69, 9.17) is 5.73 Å². The van der Waals surface area contributed by atoms with Crippen molar-refractivity contribution in [3.8, 4) is 0 Å². The lowest BCUT2D eigenvalue weighted by atomic mass is 10.2. The van der Waals surface area contributed by atoms with Crippen LogP contribution < -0.4 is 10.6 Å². The highest BCUT2D eigenvalue weighted by Gasteiger charge is 2.06. The summed E-state index contributed by atoms with van der Waals surface area (Å²) in [6, 6.07) is 2.07. The Labute approximate surface area is 92.3 Å². The number of nitrogens with two attached hydrogens (primary N) is 1. The lowest BCUT2D eigenvalue weighted by Gasteiger charge is -2.23. The Kier molecular flexibility index (Phi) is 4.40. The van der Waals surface area contributed by atoms with Crippen molar-refractivity contribution < 1.29 is 0 Å². The number of anilines is 2. The molecular weight excluding hydrogens is 186 g/mol. The minimum atomic E-state index is 0.770. The van der Waals surface area contributed by atoms with Crippen LogP contribution in [0.25, 0.3) is 0 Å². The molecule has 1 heterocycles. The molecule has 15 heavy (non-hydrogen) atoms. The molecule has 0 fully saturated rings. The van der Waals surface area contributed by atoms with Gasteiger partial charge in [0.1, 0.15) is 5.82 Å². The van der Waals surface area contributed by atoms with Gasteiger partial charge in [-0.05, 0) is 31.4 Å². The number of rotatable bonds is 5. The van der Waals surface area contributed by atoms with Gasteiger partial charge in [-0.1, -0.05) is 13.8 Å². The van der Waals surface area contributed by atoms with Gasteiger partial charge in [0.05, 0.1) is 11.9 Å². The fourth-order valence-corrected chi connectivity index (χ4v) is 1.61. The maximum atomic E-state index is 5.76. The number of nitrogens with zero attached hydrogens (tertiary/aromatic N) is 2. The van der Waals surface area contributed by atoms with Crippen molar-refractivity contribution in [3.05, 3.63) is 17.8 Å². The van der Waals surface area contributed by atoms with Crippen molar-refractivity contribution in [1.82, 2.24) is 4.98 Å². The zero-order chi connectivity index (χ0) is 11.3. The molecule has 2 N–H and O–H groups in total. The summed E-state index contributed by atoms with van der Waals surface area (Å²) >= 11 is 0. The molecule has 0 aliphatic carbocycles. The average molecular weight is 207 g/mol. The van der Waals surface area contributed by atoms with E-state index in [1.54, 1.807) is 6.20 Å². The molecule has 84 valence electrons. The van der Waals surface area contributed by atoms with Crippen molar-refractivity contribution in [2.24, 2.45) is 0 Å². The first-order valence-electron chi connectivity index (χ1n) is 5.66. The Balaban J connectivity index is 2.85. The van der Waals surface area contributed by atoms with E-state index in [0.29, 0.717) is 0 Å². The molecule has 0 saturated heterocycles. The van der Waals surface area contributed by atoms with Crippen LogP contribution in [0, 0.1) is 6.92 Å². The molecule has 1 rings (SSSR count). The molecule has 3 nitrogen and oxygen atoms in total. The van der Waals surface area contributed by atoms with Crippen LogP contribution in [0.4, 0.5) is 11.5 Å². The summed E-state index contributed by atoms with van der Waals surface area (Å²) in [5.74, 6) is 1.05. The SMILES string of the molecule is CCCN(CCC)c1cc(C)c(N)cn1. The number of pyridine rings is 1. The Morgan fingerprint density at radius 3 is 2.33 bits per heavy atom. The van der Waals surface area contributed by atoms with E-state index in [2.05, 4.69) is 29.8 Å². The minimum absolute atomic E-state index is 0.770. The third-order valence-corrected chi connectivity index (χ3v) is 2.45. The molecule has 0 unspecified atom stereocenters. The minimum Gasteiger partial charge on any atom is -0.397 e. The van der Waals surface area contributed by atoms with Crippen LogP contribution in [0.15, 0.2) is 12.3 Å². The van der Waals surface area contributed by atoms with E-state index < -0.39 is 0 Å². The third kappa shape index (κ3) is 3.11. The average Bonchev–Trinajstić information content (AvgIpc) is 2.22. The second-order valence-electron chi connectivity index (χ2n) is 3.89. The van der Waals surface area contributed by atoms with Gasteiger partial charge in [0, 0.05) is 13.1 Å². The zero-order valence-electron chi connectivity index (χ0n) is 9.95. The summed E-state index contributed by atoms with van der Waals surface area (Å²) in [6.45, 7) is 8.52. The maximum Gasteiger partial charge on any atom is 0.128 e. The van der Waals surface area contributed by atoms with Gasteiger partial charge in [-0.25, -0.2) is 4.98 Å². The van der Waals surface area contributed by atoms with Gasteiger partial charge in [-0.15, -0.1) is 0 Å². The van der Waals surface area contributed by atoms with Gasteiger partial charge in [0.25, 0.3) is 0 Å². The standard InChI is InChI=1S/C12H21N3/c1-4-6-15(7-5-2)12-8-10(3)11(13)9-14-12/h8-9H,4-7,13H2,1-3H3. The summed E-state index contributed by atoms with van der Waals surface area (Å²) in [6.07, 6.45) is 4.04. The molecule has 0 aromatic carbocycles. The van der Waals surface area contributed by atoms with Crippen LogP contribution in [0.3, 0.4) is 0 Å². The fraction of sp³-hybridized carbons (Fsp3) is 0.583. The van der Waals surface area contributed by atoms with Crippen LogP contribution in [0.2, 0.25) is 0 Å². The predicted octanol–water partition coefficient (Wildman–Crippen LogP) is 2.60. The molecule has 0 bridgehead atoms. The van der Waals surface area contributed by atoms with Gasteiger partial charge in [-0.2, -0.15) is 0 Å². The Morgan fingerprint density at radius 2 is 1.87 bits per heavy atom. The largest absolute Gasteiger partial charge is 0.397 e. The summed E-state index contributed by atoms with van der Waals surface area (Å²) in [5, 5.41) is 0. The number of nitrogen functional groups attached to an aromatic ring is 1. The van der Waals surface area contributed by atoms with Crippen molar-refractivity contribution >= 4 is 11.5 Å². The second kappa shape index (κ2) is 5.59. The monoisotopic (exact) mass is 207 g/mol. The van der Waals surface area contributed by atoms with Crippen LogP contribution in [0.5, 0.6) is 0 Å². The highest BCUT2D eigenvalue weighted by molar-refractivity contribution is 5.52. The third-order valence-electron chi connectivity index (χ3n) is 2.45. The summed E-state index contributed by atoms with van der Waals surface area (Å²) in [4.78, 5) is 6.69. The fourth-order valence-electron chi connectivity index (χ4n) is 1.61. The Hall–Kier alpha value is -1.25. The quantitative estimate of drug-likeness (QED) is 0.807. The van der Waals surface area contributed by atoms with Gasteiger partial charge in [0.2, 0.25) is 0 Å². The topological polar surface area (TPSA) is 42.1 Å². The van der Waals surface area contributed by atoms with Gasteiger partial charge < -0.3 is 10.6 Å². The predicted molar refractivity (Wildman–Crippen MR) is 66.2 cm³/mol. The van der Waals surface area contributed by atoms with E-state index >= 15 is 0 Å². The van der Waals surface area contributed by atoms with Gasteiger partial charge >= 0.3 is 0 Å². The number of aromatic nitrogens is 1. The Morgan fingerprint density at radius 1 is 1.27 bits per heavy atom. The molecule has 0 spiro atoms. The second-order valence-corrected chi connectivity index (χ2v) is 3.89. The van der Waals surface area contributed by atoms with E-state index in [-0.39, 0.29) is 0 Å². The molecule has 0 atom stereocenters. The van der Waals surface area contributed by atoms with Crippen molar-refractivity contribution in [1.29, 1.82) is 0 Å². The van der Waals surface area contributed by atoms with Crippen LogP contribution in [-0.2, 0) is 0 Å². The molecule has 1 aromatic rings.